The van der Waals surface area contributed by atoms with E-state index < -0.39 is 0 Å². The smallest absolute Gasteiger partial charge is 0.220 e. The van der Waals surface area contributed by atoms with Crippen molar-refractivity contribution in [2.45, 2.75) is 38.5 Å². The van der Waals surface area contributed by atoms with Crippen LogP contribution in [0.3, 0.4) is 0 Å². The molecule has 0 radical (unpaired) electrons. The number of rotatable bonds is 9. The Kier molecular flexibility index (Phi) is 7.90. The van der Waals surface area contributed by atoms with Crippen LogP contribution in [0.4, 0.5) is 0 Å². The van der Waals surface area contributed by atoms with E-state index in [1.165, 1.54) is 0 Å². The fourth-order valence-corrected chi connectivity index (χ4v) is 1.45. The fraction of sp³-hybridized carbons (Fsp3) is 0.583. The standard InChI is InChI=1S/C12H21NO/c1-3-5-7-9-11(12(13)14)10-8-6-4-2/h3-4,11H,1-2,5-10H2,(H2,13,14). The lowest BCUT2D eigenvalue weighted by atomic mass is 9.95. The van der Waals surface area contributed by atoms with E-state index in [1.54, 1.807) is 0 Å². The van der Waals surface area contributed by atoms with Crippen molar-refractivity contribution in [3.63, 3.8) is 0 Å². The summed E-state index contributed by atoms with van der Waals surface area (Å²) in [7, 11) is 0. The maximum absolute atomic E-state index is 11.1. The van der Waals surface area contributed by atoms with Crippen molar-refractivity contribution in [3.05, 3.63) is 25.3 Å². The van der Waals surface area contributed by atoms with Crippen LogP contribution in [0.5, 0.6) is 0 Å². The first-order valence-electron chi connectivity index (χ1n) is 5.23. The number of carbonyl (C=O) groups is 1. The summed E-state index contributed by atoms with van der Waals surface area (Å²) in [6, 6.07) is 0. The highest BCUT2D eigenvalue weighted by Crippen LogP contribution is 2.15. The van der Waals surface area contributed by atoms with Crippen LogP contribution in [-0.4, -0.2) is 5.91 Å². The van der Waals surface area contributed by atoms with Crippen LogP contribution in [0.2, 0.25) is 0 Å². The second-order valence-corrected chi connectivity index (χ2v) is 3.54. The van der Waals surface area contributed by atoms with Gasteiger partial charge in [0.2, 0.25) is 5.91 Å². The lowest BCUT2D eigenvalue weighted by Crippen LogP contribution is -2.23. The van der Waals surface area contributed by atoms with E-state index in [1.807, 2.05) is 12.2 Å². The number of carbonyl (C=O) groups excluding carboxylic acids is 1. The Morgan fingerprint density at radius 2 is 1.57 bits per heavy atom. The summed E-state index contributed by atoms with van der Waals surface area (Å²) in [5.41, 5.74) is 5.31. The third kappa shape index (κ3) is 6.46. The molecule has 2 heteroatoms. The minimum Gasteiger partial charge on any atom is -0.369 e. The molecule has 0 heterocycles. The third-order valence-corrected chi connectivity index (χ3v) is 2.32. The number of primary amides is 1. The van der Waals surface area contributed by atoms with Crippen LogP contribution < -0.4 is 5.73 Å². The molecule has 0 aromatic carbocycles. The van der Waals surface area contributed by atoms with Gasteiger partial charge in [0, 0.05) is 5.92 Å². The van der Waals surface area contributed by atoms with Crippen LogP contribution in [-0.2, 0) is 4.79 Å². The molecule has 0 atom stereocenters. The van der Waals surface area contributed by atoms with E-state index in [0.29, 0.717) is 0 Å². The Balaban J connectivity index is 3.71. The van der Waals surface area contributed by atoms with Gasteiger partial charge >= 0.3 is 0 Å². The number of amides is 1. The quantitative estimate of drug-likeness (QED) is 0.446. The van der Waals surface area contributed by atoms with Crippen molar-refractivity contribution in [1.82, 2.24) is 0 Å². The summed E-state index contributed by atoms with van der Waals surface area (Å²) < 4.78 is 0. The SMILES string of the molecule is C=CCCCC(CCCC=C)C(N)=O. The molecule has 0 bridgehead atoms. The molecule has 0 aromatic heterocycles. The van der Waals surface area contributed by atoms with Crippen LogP contribution in [0.1, 0.15) is 38.5 Å². The van der Waals surface area contributed by atoms with Crippen molar-refractivity contribution >= 4 is 5.91 Å². The second-order valence-electron chi connectivity index (χ2n) is 3.54. The van der Waals surface area contributed by atoms with Gasteiger partial charge in [0.1, 0.15) is 0 Å². The Morgan fingerprint density at radius 3 is 1.86 bits per heavy atom. The largest absolute Gasteiger partial charge is 0.369 e. The molecule has 0 saturated carbocycles. The maximum Gasteiger partial charge on any atom is 0.220 e. The zero-order valence-corrected chi connectivity index (χ0v) is 8.87. The van der Waals surface area contributed by atoms with Crippen molar-refractivity contribution < 1.29 is 4.79 Å². The first-order chi connectivity index (χ1) is 6.72. The van der Waals surface area contributed by atoms with Gasteiger partial charge in [-0.25, -0.2) is 0 Å². The van der Waals surface area contributed by atoms with Crippen molar-refractivity contribution in [3.8, 4) is 0 Å². The minimum atomic E-state index is -0.168. The van der Waals surface area contributed by atoms with Gasteiger partial charge in [-0.05, 0) is 38.5 Å². The number of allylic oxidation sites excluding steroid dienone is 2. The van der Waals surface area contributed by atoms with Crippen LogP contribution in [0.25, 0.3) is 0 Å². The predicted molar refractivity (Wildman–Crippen MR) is 60.8 cm³/mol. The van der Waals surface area contributed by atoms with Gasteiger partial charge in [0.15, 0.2) is 0 Å². The van der Waals surface area contributed by atoms with Gasteiger partial charge in [-0.15, -0.1) is 13.2 Å². The highest BCUT2D eigenvalue weighted by atomic mass is 16.1. The van der Waals surface area contributed by atoms with Gasteiger partial charge in [0.05, 0.1) is 0 Å². The Hall–Kier alpha value is -1.05. The molecule has 80 valence electrons. The van der Waals surface area contributed by atoms with E-state index in [-0.39, 0.29) is 11.8 Å². The first-order valence-corrected chi connectivity index (χ1v) is 5.23. The van der Waals surface area contributed by atoms with Crippen LogP contribution in [0.15, 0.2) is 25.3 Å². The van der Waals surface area contributed by atoms with E-state index in [9.17, 15) is 4.79 Å². The molecule has 0 spiro atoms. The number of hydrogen-bond donors (Lipinski definition) is 1. The Labute approximate surface area is 86.9 Å². The molecule has 0 saturated heterocycles. The minimum absolute atomic E-state index is 0.0369. The molecule has 2 N–H and O–H groups in total. The summed E-state index contributed by atoms with van der Waals surface area (Å²) >= 11 is 0. The Morgan fingerprint density at radius 1 is 1.14 bits per heavy atom. The summed E-state index contributed by atoms with van der Waals surface area (Å²) in [5.74, 6) is -0.131. The summed E-state index contributed by atoms with van der Waals surface area (Å²) in [4.78, 5) is 11.1. The summed E-state index contributed by atoms with van der Waals surface area (Å²) in [5, 5.41) is 0. The highest BCUT2D eigenvalue weighted by molar-refractivity contribution is 5.76. The fourth-order valence-electron chi connectivity index (χ4n) is 1.45. The molecule has 2 nitrogen and oxygen atoms in total. The average molecular weight is 195 g/mol. The normalized spacial score (nSPS) is 10.1. The van der Waals surface area contributed by atoms with Gasteiger partial charge in [-0.1, -0.05) is 12.2 Å². The molecule has 0 aromatic rings. The van der Waals surface area contributed by atoms with Crippen LogP contribution in [0, 0.1) is 5.92 Å². The first kappa shape index (κ1) is 12.9. The molecule has 0 rings (SSSR count). The van der Waals surface area contributed by atoms with Gasteiger partial charge in [-0.2, -0.15) is 0 Å². The van der Waals surface area contributed by atoms with Gasteiger partial charge in [-0.3, -0.25) is 4.79 Å². The molecule has 0 aliphatic heterocycles. The summed E-state index contributed by atoms with van der Waals surface area (Å²) in [6.45, 7) is 7.30. The van der Waals surface area contributed by atoms with Gasteiger partial charge < -0.3 is 5.73 Å². The molecule has 0 fully saturated rings. The van der Waals surface area contributed by atoms with E-state index in [0.717, 1.165) is 38.5 Å². The van der Waals surface area contributed by atoms with E-state index in [4.69, 9.17) is 5.73 Å². The Bertz CT molecular complexity index is 173. The molecule has 14 heavy (non-hydrogen) atoms. The summed E-state index contributed by atoms with van der Waals surface area (Å²) in [6.07, 6.45) is 9.47. The molecule has 0 aliphatic rings. The lowest BCUT2D eigenvalue weighted by Gasteiger charge is -2.11. The molecule has 1 amide bonds. The predicted octanol–water partition coefficient (Wildman–Crippen LogP) is 2.80. The van der Waals surface area contributed by atoms with Gasteiger partial charge in [0.25, 0.3) is 0 Å². The molecular weight excluding hydrogens is 174 g/mol. The van der Waals surface area contributed by atoms with E-state index >= 15 is 0 Å². The van der Waals surface area contributed by atoms with Crippen molar-refractivity contribution in [1.29, 1.82) is 0 Å². The van der Waals surface area contributed by atoms with E-state index in [2.05, 4.69) is 13.2 Å². The highest BCUT2D eigenvalue weighted by Gasteiger charge is 2.13. The molecule has 0 unspecified atom stereocenters. The number of unbranched alkanes of at least 4 members (excludes halogenated alkanes) is 2. The second kappa shape index (κ2) is 8.54. The topological polar surface area (TPSA) is 43.1 Å². The number of nitrogens with two attached hydrogens (primary N) is 1. The number of hydrogen-bond acceptors (Lipinski definition) is 1. The van der Waals surface area contributed by atoms with Crippen LogP contribution >= 0.6 is 0 Å². The molecule has 0 aliphatic carbocycles. The zero-order chi connectivity index (χ0) is 10.8. The lowest BCUT2D eigenvalue weighted by molar-refractivity contribution is -0.122. The monoisotopic (exact) mass is 195 g/mol. The third-order valence-electron chi connectivity index (χ3n) is 2.32. The molecular formula is C12H21NO. The zero-order valence-electron chi connectivity index (χ0n) is 8.87. The average Bonchev–Trinajstić information content (AvgIpc) is 2.15. The van der Waals surface area contributed by atoms with Crippen molar-refractivity contribution in [2.75, 3.05) is 0 Å². The maximum atomic E-state index is 11.1. The van der Waals surface area contributed by atoms with Crippen molar-refractivity contribution in [2.24, 2.45) is 11.7 Å².